The molecule has 1 aromatic carbocycles. The molecule has 1 amide bonds. The van der Waals surface area contributed by atoms with Gasteiger partial charge in [0.2, 0.25) is 0 Å². The fourth-order valence-corrected chi connectivity index (χ4v) is 2.05. The topological polar surface area (TPSA) is 102 Å². The minimum absolute atomic E-state index is 0.0397. The van der Waals surface area contributed by atoms with Crippen LogP contribution < -0.4 is 10.6 Å². The van der Waals surface area contributed by atoms with E-state index in [1.165, 1.54) is 6.20 Å². The summed E-state index contributed by atoms with van der Waals surface area (Å²) in [5.74, 6) is -1.36. The van der Waals surface area contributed by atoms with Gasteiger partial charge in [0, 0.05) is 24.9 Å². The van der Waals surface area contributed by atoms with Crippen LogP contribution in [-0.2, 0) is 16.0 Å². The molecule has 0 aliphatic carbocycles. The highest BCUT2D eigenvalue weighted by Gasteiger charge is 2.12. The first kappa shape index (κ1) is 18.2. The minimum atomic E-state index is -0.874. The first-order valence-electron chi connectivity index (χ1n) is 7.44. The number of rotatable bonds is 8. The van der Waals surface area contributed by atoms with Gasteiger partial charge in [-0.2, -0.15) is 5.26 Å². The van der Waals surface area contributed by atoms with Crippen molar-refractivity contribution in [1.29, 1.82) is 5.26 Å². The number of hydrogen-bond donors (Lipinski definition) is 3. The lowest BCUT2D eigenvalue weighted by atomic mass is 10.1. The summed E-state index contributed by atoms with van der Waals surface area (Å²) >= 11 is 0. The summed E-state index contributed by atoms with van der Waals surface area (Å²) in [5.41, 5.74) is 2.62. The van der Waals surface area contributed by atoms with Crippen LogP contribution in [0.3, 0.4) is 0 Å². The van der Waals surface area contributed by atoms with Crippen LogP contribution >= 0.6 is 0 Å². The lowest BCUT2D eigenvalue weighted by Gasteiger charge is -2.12. The summed E-state index contributed by atoms with van der Waals surface area (Å²) in [6, 6.07) is 7.60. The van der Waals surface area contributed by atoms with Gasteiger partial charge in [0.25, 0.3) is 5.91 Å². The van der Waals surface area contributed by atoms with Gasteiger partial charge in [-0.15, -0.1) is 0 Å². The molecule has 3 N–H and O–H groups in total. The number of aryl methyl sites for hydroxylation is 2. The standard InChI is InChI=1S/C17H21N3O3/c1-3-13-7-4-6-12(2)16(13)20-17(23)14(10-18)11-19-9-5-8-15(21)22/h4,6-7,11,19H,3,5,8-9H2,1-2H3,(H,20,23)(H,21,22)/b14-11-. The van der Waals surface area contributed by atoms with E-state index in [4.69, 9.17) is 10.4 Å². The number of hydrogen-bond acceptors (Lipinski definition) is 4. The Hall–Kier alpha value is -2.81. The fraction of sp³-hybridized carbons (Fsp3) is 0.353. The van der Waals surface area contributed by atoms with Crippen LogP contribution in [0, 0.1) is 18.3 Å². The Balaban J connectivity index is 2.71. The van der Waals surface area contributed by atoms with E-state index in [1.54, 1.807) is 0 Å². The minimum Gasteiger partial charge on any atom is -0.481 e. The van der Waals surface area contributed by atoms with Crippen molar-refractivity contribution in [2.45, 2.75) is 33.1 Å². The molecule has 0 saturated carbocycles. The normalized spacial score (nSPS) is 10.7. The van der Waals surface area contributed by atoms with E-state index >= 15 is 0 Å². The van der Waals surface area contributed by atoms with Crippen molar-refractivity contribution < 1.29 is 14.7 Å². The van der Waals surface area contributed by atoms with E-state index < -0.39 is 11.9 Å². The number of nitrogens with zero attached hydrogens (tertiary/aromatic N) is 1. The number of nitrogens with one attached hydrogen (secondary N) is 2. The van der Waals surface area contributed by atoms with Crippen molar-refractivity contribution in [1.82, 2.24) is 5.32 Å². The van der Waals surface area contributed by atoms with E-state index in [0.717, 1.165) is 23.2 Å². The molecule has 0 bridgehead atoms. The summed E-state index contributed by atoms with van der Waals surface area (Å²) < 4.78 is 0. The van der Waals surface area contributed by atoms with Gasteiger partial charge in [0.1, 0.15) is 11.6 Å². The zero-order chi connectivity index (χ0) is 17.2. The van der Waals surface area contributed by atoms with Crippen LogP contribution in [-0.4, -0.2) is 23.5 Å². The average Bonchev–Trinajstić information content (AvgIpc) is 2.52. The third-order valence-electron chi connectivity index (χ3n) is 3.30. The number of carbonyl (C=O) groups is 2. The Morgan fingerprint density at radius 1 is 1.39 bits per heavy atom. The Kier molecular flexibility index (Phi) is 7.34. The van der Waals surface area contributed by atoms with Crippen molar-refractivity contribution in [3.8, 4) is 6.07 Å². The third-order valence-corrected chi connectivity index (χ3v) is 3.30. The molecule has 6 nitrogen and oxygen atoms in total. The van der Waals surface area contributed by atoms with Crippen molar-refractivity contribution in [3.05, 3.63) is 41.1 Å². The summed E-state index contributed by atoms with van der Waals surface area (Å²) in [7, 11) is 0. The van der Waals surface area contributed by atoms with Crippen molar-refractivity contribution >= 4 is 17.6 Å². The largest absolute Gasteiger partial charge is 0.481 e. The Bertz CT molecular complexity index is 645. The zero-order valence-corrected chi connectivity index (χ0v) is 13.3. The fourth-order valence-electron chi connectivity index (χ4n) is 2.05. The number of nitriles is 1. The van der Waals surface area contributed by atoms with Gasteiger partial charge in [0.05, 0.1) is 0 Å². The Morgan fingerprint density at radius 2 is 2.13 bits per heavy atom. The Labute approximate surface area is 135 Å². The summed E-state index contributed by atoms with van der Waals surface area (Å²) in [4.78, 5) is 22.6. The van der Waals surface area contributed by atoms with Crippen molar-refractivity contribution in [3.63, 3.8) is 0 Å². The molecule has 23 heavy (non-hydrogen) atoms. The first-order valence-corrected chi connectivity index (χ1v) is 7.44. The van der Waals surface area contributed by atoms with Gasteiger partial charge in [-0.1, -0.05) is 25.1 Å². The number of anilines is 1. The van der Waals surface area contributed by atoms with Gasteiger partial charge < -0.3 is 15.7 Å². The molecule has 122 valence electrons. The number of aliphatic carboxylic acids is 1. The van der Waals surface area contributed by atoms with E-state index in [-0.39, 0.29) is 12.0 Å². The molecule has 0 saturated heterocycles. The van der Waals surface area contributed by atoms with Gasteiger partial charge in [-0.25, -0.2) is 0 Å². The van der Waals surface area contributed by atoms with E-state index in [2.05, 4.69) is 10.6 Å². The number of amides is 1. The Morgan fingerprint density at radius 3 is 2.74 bits per heavy atom. The molecule has 1 aromatic rings. The van der Waals surface area contributed by atoms with Crippen LogP contribution in [0.5, 0.6) is 0 Å². The summed E-state index contributed by atoms with van der Waals surface area (Å²) in [6.45, 7) is 4.28. The lowest BCUT2D eigenvalue weighted by Crippen LogP contribution is -2.18. The number of carbonyl (C=O) groups excluding carboxylic acids is 1. The predicted octanol–water partition coefficient (Wildman–Crippen LogP) is 2.36. The van der Waals surface area contributed by atoms with Gasteiger partial charge in [-0.05, 0) is 30.9 Å². The summed E-state index contributed by atoms with van der Waals surface area (Å²) in [6.07, 6.45) is 2.55. The van der Waals surface area contributed by atoms with E-state index in [1.807, 2.05) is 38.1 Å². The molecule has 0 radical (unpaired) electrons. The summed E-state index contributed by atoms with van der Waals surface area (Å²) in [5, 5.41) is 23.2. The molecule has 0 aliphatic heterocycles. The molecule has 0 aromatic heterocycles. The number of para-hydroxylation sites is 1. The number of carboxylic acid groups (broad SMARTS) is 1. The highest BCUT2D eigenvalue weighted by atomic mass is 16.4. The van der Waals surface area contributed by atoms with Crippen LogP contribution in [0.2, 0.25) is 0 Å². The molecular formula is C17H21N3O3. The van der Waals surface area contributed by atoms with Crippen molar-refractivity contribution in [2.24, 2.45) is 0 Å². The molecule has 0 aliphatic rings. The average molecular weight is 315 g/mol. The number of benzene rings is 1. The smallest absolute Gasteiger partial charge is 0.303 e. The maximum absolute atomic E-state index is 12.2. The van der Waals surface area contributed by atoms with Crippen LogP contribution in [0.25, 0.3) is 0 Å². The monoisotopic (exact) mass is 315 g/mol. The predicted molar refractivity (Wildman–Crippen MR) is 87.8 cm³/mol. The quantitative estimate of drug-likeness (QED) is 0.388. The molecule has 0 spiro atoms. The van der Waals surface area contributed by atoms with E-state index in [9.17, 15) is 9.59 Å². The first-order chi connectivity index (χ1) is 11.0. The third kappa shape index (κ3) is 5.83. The van der Waals surface area contributed by atoms with E-state index in [0.29, 0.717) is 13.0 Å². The maximum Gasteiger partial charge on any atom is 0.303 e. The molecule has 0 unspecified atom stereocenters. The van der Waals surface area contributed by atoms with Gasteiger partial charge in [-0.3, -0.25) is 9.59 Å². The zero-order valence-electron chi connectivity index (χ0n) is 13.3. The highest BCUT2D eigenvalue weighted by Crippen LogP contribution is 2.21. The SMILES string of the molecule is CCc1cccc(C)c1NC(=O)/C(C#N)=C\NCCCC(=O)O. The molecule has 0 heterocycles. The van der Waals surface area contributed by atoms with Gasteiger partial charge in [0.15, 0.2) is 0 Å². The molecular weight excluding hydrogens is 294 g/mol. The number of carboxylic acids is 1. The van der Waals surface area contributed by atoms with Crippen LogP contribution in [0.15, 0.2) is 30.0 Å². The molecule has 0 atom stereocenters. The highest BCUT2D eigenvalue weighted by molar-refractivity contribution is 6.07. The molecule has 1 rings (SSSR count). The van der Waals surface area contributed by atoms with Crippen LogP contribution in [0.4, 0.5) is 5.69 Å². The maximum atomic E-state index is 12.2. The second-order valence-corrected chi connectivity index (χ2v) is 5.04. The lowest BCUT2D eigenvalue weighted by molar-refractivity contribution is -0.137. The van der Waals surface area contributed by atoms with Crippen LogP contribution in [0.1, 0.15) is 30.9 Å². The molecule has 0 fully saturated rings. The molecule has 6 heteroatoms. The second kappa shape index (κ2) is 9.26. The van der Waals surface area contributed by atoms with Gasteiger partial charge >= 0.3 is 5.97 Å². The van der Waals surface area contributed by atoms with Crippen molar-refractivity contribution in [2.75, 3.05) is 11.9 Å². The second-order valence-electron chi connectivity index (χ2n) is 5.04.